The van der Waals surface area contributed by atoms with E-state index in [1.54, 1.807) is 0 Å². The van der Waals surface area contributed by atoms with Crippen LogP contribution in [0.15, 0.2) is 23.1 Å². The van der Waals surface area contributed by atoms with Gasteiger partial charge in [-0.15, -0.1) is 0 Å². The molecule has 2 atom stereocenters. The standard InChI is InChI=1S/C14H18ClNO4S/c1-9-2-3-10(6-9)8-16-21(19,20)11-4-5-12(14(17)18)13(15)7-11/h4-5,7,9-10,16H,2-3,6,8H2,1H3,(H,17,18). The van der Waals surface area contributed by atoms with Gasteiger partial charge in [0.25, 0.3) is 0 Å². The van der Waals surface area contributed by atoms with Crippen molar-refractivity contribution in [2.45, 2.75) is 31.1 Å². The van der Waals surface area contributed by atoms with Gasteiger partial charge < -0.3 is 5.11 Å². The minimum Gasteiger partial charge on any atom is -0.478 e. The van der Waals surface area contributed by atoms with E-state index in [0.29, 0.717) is 18.4 Å². The smallest absolute Gasteiger partial charge is 0.337 e. The van der Waals surface area contributed by atoms with E-state index in [1.807, 2.05) is 0 Å². The average Bonchev–Trinajstić information content (AvgIpc) is 2.82. The van der Waals surface area contributed by atoms with Crippen molar-refractivity contribution in [3.05, 3.63) is 28.8 Å². The summed E-state index contributed by atoms with van der Waals surface area (Å²) >= 11 is 5.80. The van der Waals surface area contributed by atoms with Gasteiger partial charge in [-0.25, -0.2) is 17.9 Å². The number of hydrogen-bond acceptors (Lipinski definition) is 3. The maximum Gasteiger partial charge on any atom is 0.337 e. The van der Waals surface area contributed by atoms with Crippen LogP contribution in [0.2, 0.25) is 5.02 Å². The molecule has 2 unspecified atom stereocenters. The summed E-state index contributed by atoms with van der Waals surface area (Å²) in [5.41, 5.74) is -0.111. The molecule has 7 heteroatoms. The molecule has 116 valence electrons. The minimum atomic E-state index is -3.66. The molecule has 1 aliphatic carbocycles. The Morgan fingerprint density at radius 3 is 2.67 bits per heavy atom. The molecular weight excluding hydrogens is 314 g/mol. The zero-order chi connectivity index (χ0) is 15.6. The number of carbonyl (C=O) groups is 1. The second kappa shape index (κ2) is 6.34. The van der Waals surface area contributed by atoms with Gasteiger partial charge in [-0.3, -0.25) is 0 Å². The fourth-order valence-electron chi connectivity index (χ4n) is 2.66. The second-order valence-corrected chi connectivity index (χ2v) is 7.76. The van der Waals surface area contributed by atoms with Gasteiger partial charge in [0.2, 0.25) is 10.0 Å². The number of aromatic carboxylic acids is 1. The number of carboxylic acids is 1. The van der Waals surface area contributed by atoms with Crippen LogP contribution in [0.4, 0.5) is 0 Å². The molecular formula is C14H18ClNO4S. The second-order valence-electron chi connectivity index (χ2n) is 5.58. The fourth-order valence-corrected chi connectivity index (χ4v) is 4.13. The van der Waals surface area contributed by atoms with E-state index >= 15 is 0 Å². The van der Waals surface area contributed by atoms with Gasteiger partial charge in [0.15, 0.2) is 0 Å². The van der Waals surface area contributed by atoms with Crippen molar-refractivity contribution >= 4 is 27.6 Å². The van der Waals surface area contributed by atoms with Gasteiger partial charge in [0.1, 0.15) is 0 Å². The first kappa shape index (κ1) is 16.3. The largest absolute Gasteiger partial charge is 0.478 e. The van der Waals surface area contributed by atoms with Crippen LogP contribution < -0.4 is 4.72 Å². The molecule has 21 heavy (non-hydrogen) atoms. The van der Waals surface area contributed by atoms with Crippen LogP contribution in [0, 0.1) is 11.8 Å². The van der Waals surface area contributed by atoms with E-state index in [4.69, 9.17) is 16.7 Å². The Bertz CT molecular complexity index is 644. The summed E-state index contributed by atoms with van der Waals surface area (Å²) in [7, 11) is -3.66. The molecule has 2 N–H and O–H groups in total. The highest BCUT2D eigenvalue weighted by atomic mass is 35.5. The highest BCUT2D eigenvalue weighted by Gasteiger charge is 2.24. The van der Waals surface area contributed by atoms with Crippen molar-refractivity contribution in [1.82, 2.24) is 4.72 Å². The number of sulfonamides is 1. The van der Waals surface area contributed by atoms with Gasteiger partial charge in [-0.05, 0) is 42.9 Å². The zero-order valence-electron chi connectivity index (χ0n) is 11.7. The molecule has 1 aromatic rings. The summed E-state index contributed by atoms with van der Waals surface area (Å²) in [4.78, 5) is 10.9. The molecule has 2 rings (SSSR count). The number of nitrogens with one attached hydrogen (secondary N) is 1. The Labute approximate surface area is 129 Å². The van der Waals surface area contributed by atoms with E-state index in [1.165, 1.54) is 18.2 Å². The lowest BCUT2D eigenvalue weighted by molar-refractivity contribution is 0.0697. The molecule has 1 fully saturated rings. The fraction of sp³-hybridized carbons (Fsp3) is 0.500. The molecule has 0 aromatic heterocycles. The summed E-state index contributed by atoms with van der Waals surface area (Å²) in [5.74, 6) is -0.177. The van der Waals surface area contributed by atoms with Crippen LogP contribution in [-0.4, -0.2) is 26.0 Å². The Balaban J connectivity index is 2.09. The molecule has 1 aliphatic rings. The molecule has 1 saturated carbocycles. The lowest BCUT2D eigenvalue weighted by atomic mass is 10.1. The predicted molar refractivity (Wildman–Crippen MR) is 80.1 cm³/mol. The first-order chi connectivity index (χ1) is 9.79. The van der Waals surface area contributed by atoms with Crippen molar-refractivity contribution in [2.24, 2.45) is 11.8 Å². The van der Waals surface area contributed by atoms with Gasteiger partial charge in [0, 0.05) is 6.54 Å². The maximum absolute atomic E-state index is 12.2. The number of rotatable bonds is 5. The van der Waals surface area contributed by atoms with Gasteiger partial charge in [-0.2, -0.15) is 0 Å². The monoisotopic (exact) mass is 331 g/mol. The first-order valence-electron chi connectivity index (χ1n) is 6.82. The maximum atomic E-state index is 12.2. The molecule has 0 bridgehead atoms. The van der Waals surface area contributed by atoms with Crippen molar-refractivity contribution in [3.63, 3.8) is 0 Å². The van der Waals surface area contributed by atoms with Gasteiger partial charge >= 0.3 is 5.97 Å². The Hall–Kier alpha value is -1.11. The third-order valence-electron chi connectivity index (χ3n) is 3.85. The van der Waals surface area contributed by atoms with Crippen molar-refractivity contribution in [3.8, 4) is 0 Å². The lowest BCUT2D eigenvalue weighted by Gasteiger charge is -2.12. The molecule has 0 heterocycles. The average molecular weight is 332 g/mol. The predicted octanol–water partition coefficient (Wildman–Crippen LogP) is 2.75. The van der Waals surface area contributed by atoms with Crippen molar-refractivity contribution in [1.29, 1.82) is 0 Å². The number of hydrogen-bond donors (Lipinski definition) is 2. The molecule has 0 spiro atoms. The van der Waals surface area contributed by atoms with E-state index < -0.39 is 16.0 Å². The van der Waals surface area contributed by atoms with E-state index in [-0.39, 0.29) is 15.5 Å². The first-order valence-corrected chi connectivity index (χ1v) is 8.68. The number of benzene rings is 1. The highest BCUT2D eigenvalue weighted by molar-refractivity contribution is 7.89. The summed E-state index contributed by atoms with van der Waals surface area (Å²) in [6.45, 7) is 2.57. The summed E-state index contributed by atoms with van der Waals surface area (Å²) in [6, 6.07) is 3.64. The molecule has 0 aliphatic heterocycles. The summed E-state index contributed by atoms with van der Waals surface area (Å²) in [5, 5.41) is 8.80. The molecule has 5 nitrogen and oxygen atoms in total. The topological polar surface area (TPSA) is 83.5 Å². The van der Waals surface area contributed by atoms with Crippen molar-refractivity contribution in [2.75, 3.05) is 6.54 Å². The van der Waals surface area contributed by atoms with Crippen molar-refractivity contribution < 1.29 is 18.3 Å². The number of halogens is 1. The molecule has 1 aromatic carbocycles. The van der Waals surface area contributed by atoms with E-state index in [9.17, 15) is 13.2 Å². The SMILES string of the molecule is CC1CCC(CNS(=O)(=O)c2ccc(C(=O)O)c(Cl)c2)C1. The molecule has 0 radical (unpaired) electrons. The van der Waals surface area contributed by atoms with Crippen LogP contribution in [0.3, 0.4) is 0 Å². The third-order valence-corrected chi connectivity index (χ3v) is 5.58. The van der Waals surface area contributed by atoms with Crippen LogP contribution in [0.1, 0.15) is 36.5 Å². The number of carboxylic acid groups (broad SMARTS) is 1. The van der Waals surface area contributed by atoms with Gasteiger partial charge in [-0.1, -0.05) is 24.9 Å². The Morgan fingerprint density at radius 1 is 1.43 bits per heavy atom. The Kier molecular flexibility index (Phi) is 4.91. The zero-order valence-corrected chi connectivity index (χ0v) is 13.2. The normalized spacial score (nSPS) is 22.4. The summed E-state index contributed by atoms with van der Waals surface area (Å²) < 4.78 is 27.0. The van der Waals surface area contributed by atoms with E-state index in [2.05, 4.69) is 11.6 Å². The van der Waals surface area contributed by atoms with Gasteiger partial charge in [0.05, 0.1) is 15.5 Å². The van der Waals surface area contributed by atoms with Crippen LogP contribution >= 0.6 is 11.6 Å². The summed E-state index contributed by atoms with van der Waals surface area (Å²) in [6.07, 6.45) is 3.19. The highest BCUT2D eigenvalue weighted by Crippen LogP contribution is 2.30. The third kappa shape index (κ3) is 3.96. The van der Waals surface area contributed by atoms with E-state index in [0.717, 1.165) is 19.3 Å². The van der Waals surface area contributed by atoms with Crippen LogP contribution in [0.5, 0.6) is 0 Å². The minimum absolute atomic E-state index is 0.0106. The molecule has 0 saturated heterocycles. The lowest BCUT2D eigenvalue weighted by Crippen LogP contribution is -2.28. The van der Waals surface area contributed by atoms with Crippen LogP contribution in [0.25, 0.3) is 0 Å². The Morgan fingerprint density at radius 2 is 2.14 bits per heavy atom. The van der Waals surface area contributed by atoms with Crippen LogP contribution in [-0.2, 0) is 10.0 Å². The quantitative estimate of drug-likeness (QED) is 0.869. The molecule has 0 amide bonds.